The van der Waals surface area contributed by atoms with Gasteiger partial charge in [0.2, 0.25) is 70.9 Å². The molecule has 8 aliphatic rings. The van der Waals surface area contributed by atoms with Crippen LogP contribution in [0.1, 0.15) is 188 Å². The number of nitrogens with zero attached hydrogens (tertiary/aromatic N) is 9. The van der Waals surface area contributed by atoms with Crippen molar-refractivity contribution in [1.29, 1.82) is 0 Å². The summed E-state index contributed by atoms with van der Waals surface area (Å²) in [6, 6.07) is -9.69. The van der Waals surface area contributed by atoms with E-state index < -0.39 is 168 Å². The number of hydrogen-bond acceptors (Lipinski definition) is 13. The maximum Gasteiger partial charge on any atom is 0.394 e. The molecule has 0 radical (unpaired) electrons. The zero-order valence-corrected chi connectivity index (χ0v) is 63.4. The van der Waals surface area contributed by atoms with Gasteiger partial charge in [0.05, 0.1) is 31.5 Å². The molecule has 8 rings (SSSR count). The number of likely N-dealkylation sites (N-methyl/N-ethyl adjacent to an activating group) is 7. The number of carbonyl (C=O) groups is 12. The van der Waals surface area contributed by atoms with Crippen LogP contribution >= 0.6 is 0 Å². The second kappa shape index (κ2) is 35.5. The van der Waals surface area contributed by atoms with Crippen molar-refractivity contribution in [3.63, 3.8) is 0 Å². The summed E-state index contributed by atoms with van der Waals surface area (Å²) in [7, 11) is 12.9. The summed E-state index contributed by atoms with van der Waals surface area (Å²) in [6.07, 6.45) is 7.49. The van der Waals surface area contributed by atoms with Gasteiger partial charge in [-0.15, -0.1) is 0 Å². The van der Waals surface area contributed by atoms with Crippen LogP contribution in [0.4, 0.5) is 13.2 Å². The Balaban J connectivity index is 1.17. The molecule has 103 heavy (non-hydrogen) atoms. The average Bonchev–Trinajstić information content (AvgIpc) is 1.32. The molecule has 1 spiro atoms. The number of fused-ring (bicyclic) bond motifs is 3. The Morgan fingerprint density at radius 3 is 1.85 bits per heavy atom. The van der Waals surface area contributed by atoms with Crippen molar-refractivity contribution in [2.75, 3.05) is 89.7 Å². The van der Waals surface area contributed by atoms with E-state index in [9.17, 15) is 41.9 Å². The zero-order chi connectivity index (χ0) is 75.7. The Labute approximate surface area is 607 Å². The molecule has 0 aromatic rings. The zero-order valence-electron chi connectivity index (χ0n) is 63.4. The molecule has 0 aromatic carbocycles. The molecule has 13 atom stereocenters. The fourth-order valence-corrected chi connectivity index (χ4v) is 17.2. The van der Waals surface area contributed by atoms with Gasteiger partial charge >= 0.3 is 6.18 Å². The molecule has 28 heteroatoms. The number of rotatable bonds is 12. The van der Waals surface area contributed by atoms with E-state index >= 15 is 28.8 Å². The lowest BCUT2D eigenvalue weighted by molar-refractivity contribution is -0.215. The number of halogens is 3. The summed E-state index contributed by atoms with van der Waals surface area (Å²) in [6.45, 7) is 6.70. The highest BCUT2D eigenvalue weighted by Gasteiger charge is 2.54. The van der Waals surface area contributed by atoms with Crippen LogP contribution in [-0.2, 0) is 62.3 Å². The topological polar surface area (TPSA) is 279 Å². The van der Waals surface area contributed by atoms with Crippen LogP contribution in [0.2, 0.25) is 0 Å². The van der Waals surface area contributed by atoms with Gasteiger partial charge in [0.15, 0.2) is 0 Å². The predicted octanol–water partition coefficient (Wildman–Crippen LogP) is 5.52. The second-order valence-corrected chi connectivity index (χ2v) is 32.3. The van der Waals surface area contributed by atoms with Crippen LogP contribution in [0, 0.1) is 47.3 Å². The predicted molar refractivity (Wildman–Crippen MR) is 378 cm³/mol. The molecule has 7 fully saturated rings. The number of hydrogen-bond donors (Lipinski definition) is 3. The van der Waals surface area contributed by atoms with Crippen molar-refractivity contribution < 1.29 is 75.4 Å². The SMILES string of the molecule is CC[C@H](C)[C@@H]1NC(=O)[C@H](CC2CC2)N(C)C(=O)C[C@@H](C(=O)N(C)C)N(C)C(=O)[C@H](C2CCCC2)N(C)C(=O)C2(CCC2)NC(=O)[C@@H]2C[C@H](C)CN2C(=O)[C@H](CCC2CCC(C(F)(F)F)C(OC)C2)NC(=O)CN(C)C(=O)[C@H](CC2CCC(C)CC2)N2CC/C=C\C[C@@H](C2=O)N(C)C(=O)CN(C)C1=O. The maximum absolute atomic E-state index is 15.5. The highest BCUT2D eigenvalue weighted by Crippen LogP contribution is 2.44. The van der Waals surface area contributed by atoms with Gasteiger partial charge in [0, 0.05) is 76.6 Å². The van der Waals surface area contributed by atoms with Gasteiger partial charge in [-0.3, -0.25) is 57.5 Å². The van der Waals surface area contributed by atoms with Crippen molar-refractivity contribution in [3.05, 3.63) is 12.2 Å². The summed E-state index contributed by atoms with van der Waals surface area (Å²) in [4.78, 5) is 193. The van der Waals surface area contributed by atoms with E-state index in [0.717, 1.165) is 51.4 Å². The van der Waals surface area contributed by atoms with Crippen LogP contribution in [0.15, 0.2) is 12.2 Å². The van der Waals surface area contributed by atoms with Gasteiger partial charge < -0.3 is 64.8 Å². The highest BCUT2D eigenvalue weighted by molar-refractivity contribution is 6.01. The molecule has 2 saturated heterocycles. The Hall–Kier alpha value is -6.87. The minimum atomic E-state index is -4.50. The van der Waals surface area contributed by atoms with Crippen molar-refractivity contribution >= 4 is 70.9 Å². The minimum Gasteiger partial charge on any atom is -0.381 e. The first-order valence-corrected chi connectivity index (χ1v) is 38.1. The standard InChI is InChI=1S/C75H119F3N12O13/c1-14-47(4)63-71(100)84(8)44-62(93)85(9)54-23-16-15-19-36-89(70(54)99)58(39-48-26-24-45(2)25-27-48)69(98)83(7)43-60(91)79-53(33-31-50-30-32-52(75(76,77)78)59(40-50)103-13)67(96)90-42-46(3)37-56(90)66(95)81-74(34-20-35-74)73(102)88(12)64(51-21-17-18-22-51)72(101)87(11)57(68(97)82(5)6)41-61(92)86(10)55(65(94)80-63)38-49-28-29-49/h15-16,45-59,63-64H,14,17-44H2,1-13H3,(H,79,91)(H,80,94)(H,81,95)/b16-15-/t45?,46-,47-,48?,50?,52?,53-,54-,55-,56-,57-,58-,59?,63-,64-/m0/s1. The number of nitrogens with one attached hydrogen (secondary N) is 3. The molecule has 2 bridgehead atoms. The number of methoxy groups -OCH3 is 1. The van der Waals surface area contributed by atoms with Gasteiger partial charge in [-0.25, -0.2) is 0 Å². The molecule has 3 heterocycles. The van der Waals surface area contributed by atoms with Gasteiger partial charge in [-0.05, 0) is 138 Å². The molecule has 25 nitrogen and oxygen atoms in total. The van der Waals surface area contributed by atoms with Crippen molar-refractivity contribution in [1.82, 2.24) is 60.0 Å². The first kappa shape index (κ1) is 81.8. The van der Waals surface area contributed by atoms with Gasteiger partial charge in [0.1, 0.15) is 53.9 Å². The third-order valence-corrected chi connectivity index (χ3v) is 24.5. The fraction of sp³-hybridized carbons (Fsp3) is 0.813. The Bertz CT molecular complexity index is 3100. The quantitative estimate of drug-likeness (QED) is 0.203. The summed E-state index contributed by atoms with van der Waals surface area (Å²) >= 11 is 0. The maximum atomic E-state index is 15.5. The molecule has 3 unspecified atom stereocenters. The number of amides is 12. The van der Waals surface area contributed by atoms with Crippen LogP contribution in [0.25, 0.3) is 0 Å². The largest absolute Gasteiger partial charge is 0.394 e. The molecular formula is C75H119F3N12O13. The monoisotopic (exact) mass is 1450 g/mol. The first-order chi connectivity index (χ1) is 48.6. The normalized spacial score (nSPS) is 32.7. The number of carbonyl (C=O) groups excluding carboxylic acids is 12. The van der Waals surface area contributed by atoms with Gasteiger partial charge in [0.25, 0.3) is 0 Å². The third kappa shape index (κ3) is 19.8. The summed E-state index contributed by atoms with van der Waals surface area (Å²) in [5, 5.41) is 8.90. The smallest absolute Gasteiger partial charge is 0.381 e. The van der Waals surface area contributed by atoms with Crippen LogP contribution in [0.5, 0.6) is 0 Å². The van der Waals surface area contributed by atoms with Crippen molar-refractivity contribution in [2.45, 2.75) is 254 Å². The molecule has 5 aliphatic carbocycles. The summed E-state index contributed by atoms with van der Waals surface area (Å²) in [5.74, 6) is -10.1. The van der Waals surface area contributed by atoms with E-state index in [1.807, 2.05) is 19.9 Å². The molecule has 0 aromatic heterocycles. The van der Waals surface area contributed by atoms with E-state index in [1.54, 1.807) is 13.0 Å². The lowest BCUT2D eigenvalue weighted by Gasteiger charge is -2.46. The van der Waals surface area contributed by atoms with Crippen LogP contribution < -0.4 is 16.0 Å². The number of ether oxygens (including phenoxy) is 1. The van der Waals surface area contributed by atoms with Crippen molar-refractivity contribution in [3.8, 4) is 0 Å². The number of alkyl halides is 3. The Morgan fingerprint density at radius 2 is 1.26 bits per heavy atom. The lowest BCUT2D eigenvalue weighted by Crippen LogP contribution is -2.68. The fourth-order valence-electron chi connectivity index (χ4n) is 17.2. The van der Waals surface area contributed by atoms with Crippen molar-refractivity contribution in [2.24, 2.45) is 47.3 Å². The third-order valence-electron chi connectivity index (χ3n) is 24.5. The van der Waals surface area contributed by atoms with E-state index in [1.165, 1.54) is 108 Å². The Kier molecular flexibility index (Phi) is 28.2. The minimum absolute atomic E-state index is 0.0107. The molecular weight excluding hydrogens is 1330 g/mol. The highest BCUT2D eigenvalue weighted by atomic mass is 19.4. The summed E-state index contributed by atoms with van der Waals surface area (Å²) < 4.78 is 48.2. The second-order valence-electron chi connectivity index (χ2n) is 32.3. The molecule has 3 N–H and O–H groups in total. The first-order valence-electron chi connectivity index (χ1n) is 38.1. The lowest BCUT2D eigenvalue weighted by atomic mass is 9.74. The van der Waals surface area contributed by atoms with Gasteiger partial charge in [-0.2, -0.15) is 13.2 Å². The van der Waals surface area contributed by atoms with Gasteiger partial charge in [-0.1, -0.05) is 97.6 Å². The molecule has 578 valence electrons. The van der Waals surface area contributed by atoms with Crippen LogP contribution in [-0.4, -0.2) is 271 Å². The van der Waals surface area contributed by atoms with E-state index in [0.29, 0.717) is 38.0 Å². The molecule has 3 aliphatic heterocycles. The summed E-state index contributed by atoms with van der Waals surface area (Å²) in [5.41, 5.74) is -1.53. The van der Waals surface area contributed by atoms with Crippen LogP contribution in [0.3, 0.4) is 0 Å². The Morgan fingerprint density at radius 1 is 0.641 bits per heavy atom. The van der Waals surface area contributed by atoms with E-state index in [4.69, 9.17) is 4.74 Å². The molecule has 12 amide bonds. The average molecular weight is 1450 g/mol. The van der Waals surface area contributed by atoms with E-state index in [-0.39, 0.29) is 113 Å². The molecule has 5 saturated carbocycles. The van der Waals surface area contributed by atoms with E-state index in [2.05, 4.69) is 22.9 Å².